The molecule has 0 bridgehead atoms. The number of likely N-dealkylation sites (tertiary alicyclic amines) is 1. The van der Waals surface area contributed by atoms with Gasteiger partial charge in [-0.25, -0.2) is 4.68 Å². The second kappa shape index (κ2) is 9.41. The third-order valence-corrected chi connectivity index (χ3v) is 6.43. The lowest BCUT2D eigenvalue weighted by molar-refractivity contribution is -0.119. The Morgan fingerprint density at radius 1 is 1.17 bits per heavy atom. The second-order valence-corrected chi connectivity index (χ2v) is 8.36. The predicted octanol–water partition coefficient (Wildman–Crippen LogP) is 3.09. The normalized spacial score (nSPS) is 24.9. The number of aliphatic hydroxyl groups excluding tert-OH is 1. The van der Waals surface area contributed by atoms with Crippen molar-refractivity contribution in [1.29, 1.82) is 5.26 Å². The van der Waals surface area contributed by atoms with Gasteiger partial charge in [0.15, 0.2) is 5.82 Å². The summed E-state index contributed by atoms with van der Waals surface area (Å²) in [5.41, 5.74) is 1.13. The average Bonchev–Trinajstić information content (AvgIpc) is 3.17. The molecule has 7 nitrogen and oxygen atoms in total. The molecular formula is C23H29N5O2. The maximum absolute atomic E-state index is 13.0. The maximum Gasteiger partial charge on any atom is 0.239 e. The highest BCUT2D eigenvalue weighted by Crippen LogP contribution is 2.34. The number of hydrogen-bond acceptors (Lipinski definition) is 5. The lowest BCUT2D eigenvalue weighted by atomic mass is 9.78. The SMILES string of the molecule is N#Cc1cnn(-c2ccccc2)c1NC(=O)CN1CCCC[C@@H]1[C@@H]1CCCC[C@H]1O. The highest BCUT2D eigenvalue weighted by atomic mass is 16.3. The van der Waals surface area contributed by atoms with Gasteiger partial charge < -0.3 is 10.4 Å². The molecule has 3 atom stereocenters. The molecule has 1 aliphatic carbocycles. The molecule has 1 saturated heterocycles. The fraction of sp³-hybridized carbons (Fsp3) is 0.522. The molecule has 158 valence electrons. The van der Waals surface area contributed by atoms with Crippen LogP contribution < -0.4 is 5.32 Å². The van der Waals surface area contributed by atoms with Crippen LogP contribution in [0.25, 0.3) is 5.69 Å². The zero-order chi connectivity index (χ0) is 20.9. The topological polar surface area (TPSA) is 94.2 Å². The molecule has 0 unspecified atom stereocenters. The molecule has 1 aromatic carbocycles. The number of nitrogens with one attached hydrogen (secondary N) is 1. The second-order valence-electron chi connectivity index (χ2n) is 8.36. The summed E-state index contributed by atoms with van der Waals surface area (Å²) < 4.78 is 1.59. The van der Waals surface area contributed by atoms with Crippen LogP contribution in [0, 0.1) is 17.2 Å². The molecule has 4 rings (SSSR count). The molecule has 2 heterocycles. The van der Waals surface area contributed by atoms with Gasteiger partial charge in [0.1, 0.15) is 11.6 Å². The van der Waals surface area contributed by atoms with Crippen molar-refractivity contribution < 1.29 is 9.90 Å². The van der Waals surface area contributed by atoms with E-state index >= 15 is 0 Å². The molecule has 30 heavy (non-hydrogen) atoms. The van der Waals surface area contributed by atoms with Crippen molar-refractivity contribution in [3.05, 3.63) is 42.1 Å². The van der Waals surface area contributed by atoms with Crippen molar-refractivity contribution in [3.8, 4) is 11.8 Å². The van der Waals surface area contributed by atoms with Crippen LogP contribution in [0.3, 0.4) is 0 Å². The van der Waals surface area contributed by atoms with Gasteiger partial charge in [-0.3, -0.25) is 9.69 Å². The van der Waals surface area contributed by atoms with E-state index in [9.17, 15) is 15.2 Å². The minimum atomic E-state index is -0.267. The summed E-state index contributed by atoms with van der Waals surface area (Å²) in [5, 5.41) is 27.2. The lowest BCUT2D eigenvalue weighted by Gasteiger charge is -2.43. The molecule has 2 fully saturated rings. The van der Waals surface area contributed by atoms with Gasteiger partial charge in [-0.05, 0) is 44.4 Å². The molecule has 2 N–H and O–H groups in total. The number of carbonyl (C=O) groups excluding carboxylic acids is 1. The van der Waals surface area contributed by atoms with Gasteiger partial charge in [0.2, 0.25) is 5.91 Å². The third kappa shape index (κ3) is 4.40. The van der Waals surface area contributed by atoms with Crippen LogP contribution in [0.2, 0.25) is 0 Å². The zero-order valence-corrected chi connectivity index (χ0v) is 17.2. The predicted molar refractivity (Wildman–Crippen MR) is 114 cm³/mol. The van der Waals surface area contributed by atoms with Crippen molar-refractivity contribution in [1.82, 2.24) is 14.7 Å². The van der Waals surface area contributed by atoms with Gasteiger partial charge >= 0.3 is 0 Å². The van der Waals surface area contributed by atoms with Gasteiger partial charge in [0.05, 0.1) is 24.5 Å². The lowest BCUT2D eigenvalue weighted by Crippen LogP contribution is -2.51. The van der Waals surface area contributed by atoms with Crippen molar-refractivity contribution in [2.24, 2.45) is 5.92 Å². The number of nitrogens with zero attached hydrogens (tertiary/aromatic N) is 4. The van der Waals surface area contributed by atoms with Gasteiger partial charge in [0.25, 0.3) is 0 Å². The first kappa shape index (κ1) is 20.6. The highest BCUT2D eigenvalue weighted by Gasteiger charge is 2.36. The first-order chi connectivity index (χ1) is 14.7. The number of aromatic nitrogens is 2. The summed E-state index contributed by atoms with van der Waals surface area (Å²) in [6, 6.07) is 11.8. The van der Waals surface area contributed by atoms with Crippen LogP contribution in [0.4, 0.5) is 5.82 Å². The van der Waals surface area contributed by atoms with Crippen molar-refractivity contribution in [3.63, 3.8) is 0 Å². The largest absolute Gasteiger partial charge is 0.393 e. The van der Waals surface area contributed by atoms with Gasteiger partial charge in [-0.2, -0.15) is 10.4 Å². The van der Waals surface area contributed by atoms with Crippen LogP contribution in [-0.4, -0.2) is 50.9 Å². The molecule has 1 aliphatic heterocycles. The van der Waals surface area contributed by atoms with Gasteiger partial charge in [-0.15, -0.1) is 0 Å². The monoisotopic (exact) mass is 407 g/mol. The summed E-state index contributed by atoms with van der Waals surface area (Å²) in [4.78, 5) is 15.2. The van der Waals surface area contributed by atoms with E-state index < -0.39 is 0 Å². The smallest absolute Gasteiger partial charge is 0.239 e. The standard InChI is InChI=1S/C23H29N5O2/c24-14-17-15-25-28(18-8-2-1-3-9-18)23(17)26-22(30)16-27-13-7-6-11-20(27)19-10-4-5-12-21(19)29/h1-3,8-9,15,19-21,29H,4-7,10-13,16H2,(H,26,30)/t19-,20+,21+/m0/s1. The van der Waals surface area contributed by atoms with Crippen LogP contribution in [0.5, 0.6) is 0 Å². The highest BCUT2D eigenvalue weighted by molar-refractivity contribution is 5.93. The Bertz CT molecular complexity index is 904. The molecule has 7 heteroatoms. The fourth-order valence-electron chi connectivity index (χ4n) is 4.96. The average molecular weight is 408 g/mol. The van der Waals surface area contributed by atoms with Crippen molar-refractivity contribution >= 4 is 11.7 Å². The summed E-state index contributed by atoms with van der Waals surface area (Å²) >= 11 is 0. The minimum absolute atomic E-state index is 0.151. The number of benzene rings is 1. The quantitative estimate of drug-likeness (QED) is 0.794. The Labute approximate surface area is 177 Å². The van der Waals surface area contributed by atoms with Gasteiger partial charge in [-0.1, -0.05) is 37.5 Å². The number of amides is 1. The maximum atomic E-state index is 13.0. The third-order valence-electron chi connectivity index (χ3n) is 6.43. The van der Waals surface area contributed by atoms with Crippen LogP contribution in [-0.2, 0) is 4.79 Å². The number of para-hydroxylation sites is 1. The zero-order valence-electron chi connectivity index (χ0n) is 17.2. The molecule has 0 radical (unpaired) electrons. The number of carbonyl (C=O) groups is 1. The summed E-state index contributed by atoms with van der Waals surface area (Å²) in [6.45, 7) is 1.13. The first-order valence-electron chi connectivity index (χ1n) is 10.9. The Morgan fingerprint density at radius 2 is 1.93 bits per heavy atom. The van der Waals surface area contributed by atoms with Gasteiger partial charge in [0, 0.05) is 12.0 Å². The number of rotatable bonds is 5. The minimum Gasteiger partial charge on any atom is -0.393 e. The van der Waals surface area contributed by atoms with Crippen LogP contribution in [0.15, 0.2) is 36.5 Å². The van der Waals surface area contributed by atoms with E-state index in [0.29, 0.717) is 11.4 Å². The van der Waals surface area contributed by atoms with E-state index in [0.717, 1.165) is 57.2 Å². The molecule has 1 aromatic heterocycles. The summed E-state index contributed by atoms with van der Waals surface area (Å²) in [5.74, 6) is 0.498. The van der Waals surface area contributed by atoms with Crippen LogP contribution in [0.1, 0.15) is 50.5 Å². The first-order valence-corrected chi connectivity index (χ1v) is 10.9. The number of nitriles is 1. The van der Waals surface area contributed by atoms with E-state index in [1.165, 1.54) is 6.20 Å². The molecule has 2 aliphatic rings. The molecule has 2 aromatic rings. The van der Waals surface area contributed by atoms with Crippen LogP contribution >= 0.6 is 0 Å². The van der Waals surface area contributed by atoms with E-state index in [-0.39, 0.29) is 30.5 Å². The molecule has 1 amide bonds. The molecular weight excluding hydrogens is 378 g/mol. The van der Waals surface area contributed by atoms with Crippen molar-refractivity contribution in [2.45, 2.75) is 57.1 Å². The Hall–Kier alpha value is -2.69. The fourth-order valence-corrected chi connectivity index (χ4v) is 4.96. The number of hydrogen-bond donors (Lipinski definition) is 2. The van der Waals surface area contributed by atoms with E-state index in [2.05, 4.69) is 21.4 Å². The summed E-state index contributed by atoms with van der Waals surface area (Å²) in [6.07, 6.45) is 8.59. The number of anilines is 1. The molecule has 0 spiro atoms. The Kier molecular flexibility index (Phi) is 6.46. The Morgan fingerprint density at radius 3 is 2.70 bits per heavy atom. The van der Waals surface area contributed by atoms with Crippen molar-refractivity contribution in [2.75, 3.05) is 18.4 Å². The van der Waals surface area contributed by atoms with E-state index in [1.54, 1.807) is 4.68 Å². The van der Waals surface area contributed by atoms with E-state index in [1.807, 2.05) is 30.3 Å². The number of aliphatic hydroxyl groups is 1. The summed E-state index contributed by atoms with van der Waals surface area (Å²) in [7, 11) is 0. The Balaban J connectivity index is 1.49. The number of piperidine rings is 1. The van der Waals surface area contributed by atoms with E-state index in [4.69, 9.17) is 0 Å². The molecule has 1 saturated carbocycles.